The van der Waals surface area contributed by atoms with Crippen LogP contribution in [0.1, 0.15) is 25.8 Å². The monoisotopic (exact) mass is 399 g/mol. The Morgan fingerprint density at radius 1 is 1.30 bits per heavy atom. The van der Waals surface area contributed by atoms with Gasteiger partial charge >= 0.3 is 6.54 Å². The van der Waals surface area contributed by atoms with E-state index < -0.39 is 28.6 Å². The average Bonchev–Trinajstić information content (AvgIpc) is 2.61. The third kappa shape index (κ3) is 4.82. The molecule has 150 valence electrons. The predicted molar refractivity (Wildman–Crippen MR) is 98.7 cm³/mol. The maximum Gasteiger partial charge on any atom is 0.304 e. The van der Waals surface area contributed by atoms with Crippen LogP contribution >= 0.6 is 0 Å². The lowest BCUT2D eigenvalue weighted by atomic mass is 10.1. The number of nitrogens with one attached hydrogen (secondary N) is 1. The molecule has 27 heavy (non-hydrogen) atoms. The molecule has 1 fully saturated rings. The fourth-order valence-corrected chi connectivity index (χ4v) is 5.00. The molecule has 0 aliphatic carbocycles. The first-order valence-corrected chi connectivity index (χ1v) is 10.2. The minimum Gasteiger partial charge on any atom is -0.320 e. The zero-order valence-corrected chi connectivity index (χ0v) is 16.9. The maximum atomic E-state index is 13.2. The van der Waals surface area contributed by atoms with Gasteiger partial charge in [0.2, 0.25) is 10.0 Å². The van der Waals surface area contributed by atoms with Crippen molar-refractivity contribution in [3.8, 4) is 0 Å². The van der Waals surface area contributed by atoms with Gasteiger partial charge in [-0.1, -0.05) is 31.5 Å². The Labute approximate surface area is 159 Å². The summed E-state index contributed by atoms with van der Waals surface area (Å²) in [6.07, 6.45) is -0.162. The lowest BCUT2D eigenvalue weighted by molar-refractivity contribution is -0.649. The van der Waals surface area contributed by atoms with Crippen LogP contribution in [0.3, 0.4) is 0 Å². The van der Waals surface area contributed by atoms with Crippen molar-refractivity contribution in [3.05, 3.63) is 34.7 Å². The van der Waals surface area contributed by atoms with Crippen molar-refractivity contribution in [1.82, 2.24) is 14.8 Å². The van der Waals surface area contributed by atoms with Crippen LogP contribution in [0, 0.1) is 17.7 Å². The van der Waals surface area contributed by atoms with Crippen LogP contribution in [0.15, 0.2) is 29.2 Å². The smallest absolute Gasteiger partial charge is 0.304 e. The highest BCUT2D eigenvalue weighted by molar-refractivity contribution is 7.89. The lowest BCUT2D eigenvalue weighted by Crippen LogP contribution is -2.60. The molecule has 1 aliphatic heterocycles. The topological polar surface area (TPSA) is 99.0 Å². The van der Waals surface area contributed by atoms with Crippen molar-refractivity contribution < 1.29 is 22.9 Å². The van der Waals surface area contributed by atoms with Crippen molar-refractivity contribution in [2.75, 3.05) is 26.7 Å². The van der Waals surface area contributed by atoms with Gasteiger partial charge in [-0.05, 0) is 37.0 Å². The van der Waals surface area contributed by atoms with Crippen LogP contribution in [0.5, 0.6) is 0 Å². The molecule has 0 saturated carbocycles. The van der Waals surface area contributed by atoms with E-state index in [4.69, 9.17) is 0 Å². The highest BCUT2D eigenvalue weighted by atomic mass is 32.2. The van der Waals surface area contributed by atoms with E-state index in [0.29, 0.717) is 19.5 Å². The molecule has 0 bridgehead atoms. The average molecular weight is 399 g/mol. The second-order valence-corrected chi connectivity index (χ2v) is 8.75. The molecule has 1 saturated heterocycles. The number of carbonyl (C=O) groups excluding carboxylic acids is 1. The first-order valence-electron chi connectivity index (χ1n) is 8.79. The first kappa shape index (κ1) is 21.3. The van der Waals surface area contributed by atoms with E-state index in [1.54, 1.807) is 24.3 Å². The molecule has 0 radical (unpaired) electrons. The summed E-state index contributed by atoms with van der Waals surface area (Å²) in [6, 6.07) is 6.64. The molecule has 1 aliphatic rings. The van der Waals surface area contributed by atoms with Crippen LogP contribution in [0.25, 0.3) is 0 Å². The van der Waals surface area contributed by atoms with Crippen molar-refractivity contribution in [3.63, 3.8) is 0 Å². The predicted octanol–water partition coefficient (Wildman–Crippen LogP) is 1.05. The molecule has 2 rings (SSSR count). The minimum absolute atomic E-state index is 0.148. The van der Waals surface area contributed by atoms with Gasteiger partial charge in [-0.15, -0.1) is 0 Å². The number of nitrogens with zero attached hydrogens (tertiary/aromatic N) is 3. The molecule has 0 unspecified atom stereocenters. The summed E-state index contributed by atoms with van der Waals surface area (Å²) >= 11 is 0. The normalized spacial score (nSPS) is 18.6. The zero-order chi connectivity index (χ0) is 20.2. The van der Waals surface area contributed by atoms with Gasteiger partial charge in [0.25, 0.3) is 5.91 Å². The third-order valence-electron chi connectivity index (χ3n) is 4.41. The van der Waals surface area contributed by atoms with Crippen molar-refractivity contribution in [2.45, 2.75) is 38.3 Å². The molecule has 1 aromatic rings. The van der Waals surface area contributed by atoms with Crippen molar-refractivity contribution in [1.29, 1.82) is 0 Å². The summed E-state index contributed by atoms with van der Waals surface area (Å²) in [4.78, 5) is 30.6. The van der Waals surface area contributed by atoms with Crippen LogP contribution in [0.2, 0.25) is 0 Å². The summed E-state index contributed by atoms with van der Waals surface area (Å²) in [6.45, 7) is 5.84. The molecule has 9 nitrogen and oxygen atoms in total. The molecule has 1 atom stereocenters. The van der Waals surface area contributed by atoms with Gasteiger partial charge in [0.1, 0.15) is 6.17 Å². The Bertz CT molecular complexity index is 779. The van der Waals surface area contributed by atoms with Crippen molar-refractivity contribution in [2.24, 2.45) is 5.92 Å². The maximum absolute atomic E-state index is 13.2. The van der Waals surface area contributed by atoms with E-state index >= 15 is 0 Å². The Morgan fingerprint density at radius 3 is 2.48 bits per heavy atom. The molecule has 0 spiro atoms. The second-order valence-electron chi connectivity index (χ2n) is 6.86. The summed E-state index contributed by atoms with van der Waals surface area (Å²) in [5.74, 6) is -0.609. The van der Waals surface area contributed by atoms with Gasteiger partial charge in [0.15, 0.2) is 4.87 Å². The van der Waals surface area contributed by atoms with Crippen molar-refractivity contribution >= 4 is 15.9 Å². The molecule has 1 amide bonds. The number of amides is 1. The molecular weight excluding hydrogens is 372 g/mol. The van der Waals surface area contributed by atoms with Gasteiger partial charge in [-0.2, -0.15) is 4.31 Å². The fourth-order valence-electron chi connectivity index (χ4n) is 3.24. The van der Waals surface area contributed by atoms with Crippen LogP contribution in [-0.2, 0) is 19.7 Å². The van der Waals surface area contributed by atoms with Crippen LogP contribution < -0.4 is 5.59 Å². The number of aryl methyl sites for hydroxylation is 1. The number of hydrazine groups is 1. The first-order chi connectivity index (χ1) is 12.7. The molecular formula is C17H27N4O5S+. The van der Waals surface area contributed by atoms with E-state index in [0.717, 1.165) is 5.56 Å². The zero-order valence-electron chi connectivity index (χ0n) is 16.1. The van der Waals surface area contributed by atoms with Crippen LogP contribution in [0.4, 0.5) is 0 Å². The number of hydrogen-bond acceptors (Lipinski definition) is 5. The number of benzene rings is 1. The highest BCUT2D eigenvalue weighted by Crippen LogP contribution is 2.28. The SMILES string of the molecule is CON[N+](=O)CC(=O)N1CCCN(S(=O)(=O)c2ccc(C)cc2)[C@@H]1C(C)C. The Balaban J connectivity index is 2.32. The van der Waals surface area contributed by atoms with E-state index in [1.165, 1.54) is 16.3 Å². The summed E-state index contributed by atoms with van der Waals surface area (Å²) < 4.78 is 27.7. The van der Waals surface area contributed by atoms with E-state index in [-0.39, 0.29) is 15.7 Å². The molecule has 1 aromatic carbocycles. The molecule has 1 N–H and O–H groups in total. The Kier molecular flexibility index (Phi) is 6.90. The standard InChI is InChI=1S/C17H27N4O5S/c1-13(2)17-19(16(22)12-21(23)18-26-4)10-5-11-20(17)27(24,25)15-8-6-14(3)7-9-15/h6-9,13,17H,5,10-12H2,1-4H3,(H,18,23)/q+1/t17-/m1/s1. The fraction of sp³-hybridized carbons (Fsp3) is 0.588. The molecule has 1 heterocycles. The molecule has 0 aromatic heterocycles. The van der Waals surface area contributed by atoms with Crippen LogP contribution in [-0.4, -0.2) is 61.3 Å². The Morgan fingerprint density at radius 2 is 1.93 bits per heavy atom. The number of hydrogen-bond donors (Lipinski definition) is 1. The summed E-state index contributed by atoms with van der Waals surface area (Å²) in [5.41, 5.74) is 2.99. The highest BCUT2D eigenvalue weighted by Gasteiger charge is 2.42. The lowest BCUT2D eigenvalue weighted by Gasteiger charge is -2.44. The number of sulfonamides is 1. The number of carbonyl (C=O) groups is 1. The number of nitroso groups, excluding NO2 is 1. The largest absolute Gasteiger partial charge is 0.320 e. The summed E-state index contributed by atoms with van der Waals surface area (Å²) in [5, 5.41) is 0. The summed E-state index contributed by atoms with van der Waals surface area (Å²) in [7, 11) is -2.50. The second kappa shape index (κ2) is 8.77. The van der Waals surface area contributed by atoms with E-state index in [1.807, 2.05) is 26.4 Å². The van der Waals surface area contributed by atoms with E-state index in [2.05, 4.69) is 4.84 Å². The minimum atomic E-state index is -3.77. The van der Waals surface area contributed by atoms with Gasteiger partial charge in [-0.25, -0.2) is 13.3 Å². The van der Waals surface area contributed by atoms with Gasteiger partial charge in [0, 0.05) is 13.1 Å². The third-order valence-corrected chi connectivity index (χ3v) is 6.29. The number of rotatable bonds is 7. The van der Waals surface area contributed by atoms with Gasteiger partial charge < -0.3 is 4.90 Å². The Hall–Kier alpha value is -2.04. The molecule has 10 heteroatoms. The van der Waals surface area contributed by atoms with Gasteiger partial charge in [0.05, 0.1) is 16.9 Å². The van der Waals surface area contributed by atoms with E-state index in [9.17, 15) is 18.1 Å². The quantitative estimate of drug-likeness (QED) is 0.543. The van der Waals surface area contributed by atoms with Gasteiger partial charge in [-0.3, -0.25) is 4.79 Å².